The summed E-state index contributed by atoms with van der Waals surface area (Å²) in [4.78, 5) is 46.5. The van der Waals surface area contributed by atoms with E-state index in [0.717, 1.165) is 41.1 Å². The van der Waals surface area contributed by atoms with Gasteiger partial charge in [-0.2, -0.15) is 0 Å². The van der Waals surface area contributed by atoms with E-state index >= 15 is 0 Å². The van der Waals surface area contributed by atoms with Crippen molar-refractivity contribution in [3.05, 3.63) is 93.8 Å². The molecule has 3 aromatic rings. The molecule has 1 aliphatic carbocycles. The van der Waals surface area contributed by atoms with Crippen LogP contribution in [0.15, 0.2) is 65.6 Å². The van der Waals surface area contributed by atoms with E-state index < -0.39 is 17.6 Å². The van der Waals surface area contributed by atoms with Crippen molar-refractivity contribution < 1.29 is 18.7 Å². The maximum Gasteiger partial charge on any atom is 0.417 e. The van der Waals surface area contributed by atoms with Gasteiger partial charge in [-0.3, -0.25) is 9.59 Å². The molecule has 2 amide bonds. The zero-order valence-electron chi connectivity index (χ0n) is 24.4. The molecule has 0 bridgehead atoms. The smallest absolute Gasteiger partial charge is 0.417 e. The van der Waals surface area contributed by atoms with Crippen LogP contribution in [0.1, 0.15) is 56.4 Å². The molecule has 2 heterocycles. The second kappa shape index (κ2) is 12.4. The summed E-state index contributed by atoms with van der Waals surface area (Å²) in [5.74, 6) is -0.0353. The molecule has 2 aromatic carbocycles. The van der Waals surface area contributed by atoms with Gasteiger partial charge in [0.2, 0.25) is 0 Å². The Morgan fingerprint density at radius 3 is 2.50 bits per heavy atom. The van der Waals surface area contributed by atoms with E-state index in [9.17, 15) is 18.8 Å². The number of ether oxygens (including phenoxy) is 1. The average molecular weight is 576 g/mol. The van der Waals surface area contributed by atoms with Crippen LogP contribution in [0, 0.1) is 5.82 Å². The highest BCUT2D eigenvalue weighted by atomic mass is 19.1. The number of anilines is 1. The number of aromatic nitrogens is 2. The van der Waals surface area contributed by atoms with E-state index in [-0.39, 0.29) is 36.8 Å². The SMILES string of the molecule is CC(C)(C)OC(=O)N1CCN(c2nc(CCCN[C@@H]3C[C@H]3c3ccc(F)cc3)cn(Cc3ccccc3)c2=O)CC1=O. The van der Waals surface area contributed by atoms with Gasteiger partial charge in [0.15, 0.2) is 5.82 Å². The van der Waals surface area contributed by atoms with E-state index in [1.165, 1.54) is 12.1 Å². The van der Waals surface area contributed by atoms with Crippen LogP contribution >= 0.6 is 0 Å². The van der Waals surface area contributed by atoms with Gasteiger partial charge in [0, 0.05) is 31.2 Å². The van der Waals surface area contributed by atoms with E-state index in [2.05, 4.69) is 5.32 Å². The van der Waals surface area contributed by atoms with Crippen LogP contribution in [-0.4, -0.2) is 64.3 Å². The first kappa shape index (κ1) is 29.4. The largest absolute Gasteiger partial charge is 0.443 e. The van der Waals surface area contributed by atoms with Crippen molar-refractivity contribution in [2.24, 2.45) is 0 Å². The molecule has 1 saturated carbocycles. The fourth-order valence-corrected chi connectivity index (χ4v) is 5.22. The molecule has 0 radical (unpaired) electrons. The number of aryl methyl sites for hydroxylation is 1. The number of hydrogen-bond donors (Lipinski definition) is 1. The normalized spacial score (nSPS) is 18.7. The fraction of sp³-hybridized carbons (Fsp3) is 0.438. The fourth-order valence-electron chi connectivity index (χ4n) is 5.22. The van der Waals surface area contributed by atoms with Crippen LogP contribution in [0.5, 0.6) is 0 Å². The summed E-state index contributed by atoms with van der Waals surface area (Å²) >= 11 is 0. The van der Waals surface area contributed by atoms with Crippen molar-refractivity contribution >= 4 is 17.8 Å². The second-order valence-electron chi connectivity index (χ2n) is 12.0. The zero-order valence-corrected chi connectivity index (χ0v) is 24.4. The molecule has 2 atom stereocenters. The number of benzene rings is 2. The molecule has 1 aromatic heterocycles. The van der Waals surface area contributed by atoms with Crippen molar-refractivity contribution in [1.29, 1.82) is 0 Å². The second-order valence-corrected chi connectivity index (χ2v) is 12.0. The van der Waals surface area contributed by atoms with Crippen molar-refractivity contribution in [3.8, 4) is 0 Å². The van der Waals surface area contributed by atoms with E-state index in [4.69, 9.17) is 9.72 Å². The zero-order chi connectivity index (χ0) is 29.9. The standard InChI is InChI=1S/C32H38FN5O4/c1-32(2,3)42-31(41)38-17-16-36(21-28(38)39)29-30(40)37(19-22-8-5-4-6-9-22)20-25(35-29)10-7-15-34-27-18-26(27)23-11-13-24(33)14-12-23/h4-6,8-9,11-14,20,26-27,34H,7,10,15-19,21H2,1-3H3/t26-,27+/m0/s1. The summed E-state index contributed by atoms with van der Waals surface area (Å²) in [5, 5.41) is 3.58. The molecular weight excluding hydrogens is 537 g/mol. The predicted molar refractivity (Wildman–Crippen MR) is 158 cm³/mol. The minimum absolute atomic E-state index is 0.109. The van der Waals surface area contributed by atoms with Gasteiger partial charge in [-0.15, -0.1) is 0 Å². The molecule has 9 nitrogen and oxygen atoms in total. The predicted octanol–water partition coefficient (Wildman–Crippen LogP) is 4.09. The van der Waals surface area contributed by atoms with Crippen molar-refractivity contribution in [2.75, 3.05) is 31.1 Å². The highest BCUT2D eigenvalue weighted by Gasteiger charge is 2.37. The Labute approximate surface area is 245 Å². The summed E-state index contributed by atoms with van der Waals surface area (Å²) in [6.07, 6.45) is 3.61. The molecule has 2 aliphatic rings. The summed E-state index contributed by atoms with van der Waals surface area (Å²) in [6, 6.07) is 16.8. The first-order valence-corrected chi connectivity index (χ1v) is 14.5. The Bertz CT molecular complexity index is 1470. The highest BCUT2D eigenvalue weighted by Crippen LogP contribution is 2.40. The molecule has 5 rings (SSSR count). The van der Waals surface area contributed by atoms with Gasteiger partial charge < -0.3 is 19.5 Å². The lowest BCUT2D eigenvalue weighted by Gasteiger charge is -2.34. The van der Waals surface area contributed by atoms with E-state index in [1.54, 1.807) is 36.4 Å². The summed E-state index contributed by atoms with van der Waals surface area (Å²) in [7, 11) is 0. The lowest BCUT2D eigenvalue weighted by molar-refractivity contribution is -0.130. The van der Waals surface area contributed by atoms with Gasteiger partial charge in [0.25, 0.3) is 11.5 Å². The lowest BCUT2D eigenvalue weighted by Crippen LogP contribution is -2.55. The summed E-state index contributed by atoms with van der Waals surface area (Å²) in [5.41, 5.74) is 1.89. The quantitative estimate of drug-likeness (QED) is 0.384. The third kappa shape index (κ3) is 7.42. The van der Waals surface area contributed by atoms with Crippen LogP contribution in [0.2, 0.25) is 0 Å². The van der Waals surface area contributed by atoms with Crippen molar-refractivity contribution in [3.63, 3.8) is 0 Å². The number of halogens is 1. The van der Waals surface area contributed by atoms with Crippen LogP contribution in [-0.2, 0) is 22.5 Å². The van der Waals surface area contributed by atoms with Crippen molar-refractivity contribution in [2.45, 2.75) is 64.1 Å². The molecule has 1 saturated heterocycles. The van der Waals surface area contributed by atoms with Crippen LogP contribution in [0.4, 0.5) is 15.0 Å². The first-order valence-electron chi connectivity index (χ1n) is 14.5. The first-order chi connectivity index (χ1) is 20.1. The van der Waals surface area contributed by atoms with E-state index in [0.29, 0.717) is 24.9 Å². The molecule has 42 heavy (non-hydrogen) atoms. The van der Waals surface area contributed by atoms with Gasteiger partial charge in [0.05, 0.1) is 18.8 Å². The Morgan fingerprint density at radius 1 is 1.07 bits per heavy atom. The molecule has 222 valence electrons. The molecule has 1 N–H and O–H groups in total. The monoisotopic (exact) mass is 575 g/mol. The molecule has 10 heteroatoms. The molecule has 0 unspecified atom stereocenters. The van der Waals surface area contributed by atoms with Gasteiger partial charge in [-0.1, -0.05) is 42.5 Å². The third-order valence-electron chi connectivity index (χ3n) is 7.44. The Balaban J connectivity index is 1.26. The number of hydrogen-bond acceptors (Lipinski definition) is 7. The maximum absolute atomic E-state index is 13.6. The number of nitrogens with one attached hydrogen (secondary N) is 1. The Kier molecular flexibility index (Phi) is 8.72. The maximum atomic E-state index is 13.6. The number of rotatable bonds is 9. The van der Waals surface area contributed by atoms with Crippen LogP contribution < -0.4 is 15.8 Å². The number of piperazine rings is 1. The highest BCUT2D eigenvalue weighted by molar-refractivity contribution is 5.95. The number of amides is 2. The van der Waals surface area contributed by atoms with E-state index in [1.807, 2.05) is 42.5 Å². The van der Waals surface area contributed by atoms with Gasteiger partial charge in [0.1, 0.15) is 11.4 Å². The molecule has 2 fully saturated rings. The summed E-state index contributed by atoms with van der Waals surface area (Å²) in [6.45, 7) is 6.68. The number of imide groups is 1. The molecule has 1 aliphatic heterocycles. The van der Waals surface area contributed by atoms with Crippen molar-refractivity contribution in [1.82, 2.24) is 19.8 Å². The Morgan fingerprint density at radius 2 is 1.81 bits per heavy atom. The van der Waals surface area contributed by atoms with Crippen LogP contribution in [0.25, 0.3) is 0 Å². The average Bonchev–Trinajstić information content (AvgIpc) is 3.72. The third-order valence-corrected chi connectivity index (χ3v) is 7.44. The Hall–Kier alpha value is -4.05. The lowest BCUT2D eigenvalue weighted by atomic mass is 10.1. The molecule has 0 spiro atoms. The van der Waals surface area contributed by atoms with Gasteiger partial charge >= 0.3 is 6.09 Å². The number of carbonyl (C=O) groups is 2. The summed E-state index contributed by atoms with van der Waals surface area (Å²) < 4.78 is 20.3. The van der Waals surface area contributed by atoms with Gasteiger partial charge in [-0.25, -0.2) is 19.1 Å². The minimum atomic E-state index is -0.716. The minimum Gasteiger partial charge on any atom is -0.443 e. The topological polar surface area (TPSA) is 96.8 Å². The number of carbonyl (C=O) groups excluding carboxylic acids is 2. The molecular formula is C32H38FN5O4. The van der Waals surface area contributed by atoms with Gasteiger partial charge in [-0.05, 0) is 69.8 Å². The number of nitrogens with zero attached hydrogens (tertiary/aromatic N) is 4. The van der Waals surface area contributed by atoms with Crippen LogP contribution in [0.3, 0.4) is 0 Å².